The third kappa shape index (κ3) is 3.05. The molecule has 0 saturated heterocycles. The van der Waals surface area contributed by atoms with Gasteiger partial charge in [-0.3, -0.25) is 0 Å². The second-order valence-corrected chi connectivity index (χ2v) is 4.17. The molecule has 0 saturated carbocycles. The second-order valence-electron chi connectivity index (χ2n) is 4.17. The number of alkyl halides is 3. The summed E-state index contributed by atoms with van der Waals surface area (Å²) in [5, 5.41) is 3.65. The molecule has 1 unspecified atom stereocenters. The quantitative estimate of drug-likeness (QED) is 0.874. The molecule has 2 aromatic rings. The zero-order valence-electron chi connectivity index (χ0n) is 10.4. The highest BCUT2D eigenvalue weighted by Crippen LogP contribution is 2.31. The fourth-order valence-electron chi connectivity index (χ4n) is 1.62. The van der Waals surface area contributed by atoms with Crippen LogP contribution in [0.15, 0.2) is 41.4 Å². The van der Waals surface area contributed by atoms with E-state index >= 15 is 0 Å². The van der Waals surface area contributed by atoms with E-state index in [1.54, 1.807) is 6.08 Å². The summed E-state index contributed by atoms with van der Waals surface area (Å²) in [5.41, 5.74) is 5.20. The van der Waals surface area contributed by atoms with Crippen LogP contribution >= 0.6 is 0 Å². The Morgan fingerprint density at radius 2 is 2.15 bits per heavy atom. The van der Waals surface area contributed by atoms with Crippen LogP contribution in [0.3, 0.4) is 0 Å². The molecule has 0 fully saturated rings. The van der Waals surface area contributed by atoms with Gasteiger partial charge in [-0.15, -0.1) is 6.58 Å². The van der Waals surface area contributed by atoms with Crippen molar-refractivity contribution in [2.45, 2.75) is 18.6 Å². The molecule has 0 bridgehead atoms. The summed E-state index contributed by atoms with van der Waals surface area (Å²) in [6, 6.07) is 4.20. The summed E-state index contributed by atoms with van der Waals surface area (Å²) in [6.07, 6.45) is -2.38. The van der Waals surface area contributed by atoms with Crippen molar-refractivity contribution in [2.75, 3.05) is 0 Å². The number of nitrogens with zero attached hydrogens (tertiary/aromatic N) is 2. The molecule has 0 radical (unpaired) electrons. The molecule has 2 N–H and O–H groups in total. The lowest BCUT2D eigenvalue weighted by Crippen LogP contribution is -2.09. The highest BCUT2D eigenvalue weighted by atomic mass is 19.4. The Morgan fingerprint density at radius 1 is 1.40 bits per heavy atom. The largest absolute Gasteiger partial charge is 0.416 e. The highest BCUT2D eigenvalue weighted by Gasteiger charge is 2.30. The van der Waals surface area contributed by atoms with Gasteiger partial charge in [0.2, 0.25) is 11.7 Å². The Hall–Kier alpha value is -2.15. The monoisotopic (exact) mass is 283 g/mol. The van der Waals surface area contributed by atoms with E-state index in [-0.39, 0.29) is 17.3 Å². The standard InChI is InChI=1S/C13H12F3N3O/c1-2-4-10(17)12-18-11(19-20-12)8-5-3-6-9(7-8)13(14,15)16/h2-3,5-7,10H,1,4,17H2. The molecule has 7 heteroatoms. The summed E-state index contributed by atoms with van der Waals surface area (Å²) in [5.74, 6) is 0.239. The summed E-state index contributed by atoms with van der Waals surface area (Å²) in [4.78, 5) is 4.00. The third-order valence-corrected chi connectivity index (χ3v) is 2.63. The van der Waals surface area contributed by atoms with Crippen LogP contribution in [-0.4, -0.2) is 10.1 Å². The molecule has 106 valence electrons. The predicted molar refractivity (Wildman–Crippen MR) is 66.5 cm³/mol. The van der Waals surface area contributed by atoms with E-state index in [0.29, 0.717) is 6.42 Å². The molecule has 2 rings (SSSR count). The van der Waals surface area contributed by atoms with Crippen molar-refractivity contribution < 1.29 is 17.7 Å². The highest BCUT2D eigenvalue weighted by molar-refractivity contribution is 5.55. The molecule has 0 aliphatic heterocycles. The van der Waals surface area contributed by atoms with Gasteiger partial charge in [-0.05, 0) is 18.6 Å². The molecule has 1 aromatic carbocycles. The molecular formula is C13H12F3N3O. The summed E-state index contributed by atoms with van der Waals surface area (Å²) < 4.78 is 42.8. The molecule has 4 nitrogen and oxygen atoms in total. The number of benzene rings is 1. The molecular weight excluding hydrogens is 271 g/mol. The number of aromatic nitrogens is 2. The van der Waals surface area contributed by atoms with Gasteiger partial charge < -0.3 is 10.3 Å². The topological polar surface area (TPSA) is 64.9 Å². The first kappa shape index (κ1) is 14.3. The van der Waals surface area contributed by atoms with Crippen LogP contribution in [0, 0.1) is 0 Å². The van der Waals surface area contributed by atoms with Gasteiger partial charge >= 0.3 is 6.18 Å². The van der Waals surface area contributed by atoms with E-state index in [2.05, 4.69) is 16.7 Å². The summed E-state index contributed by atoms with van der Waals surface area (Å²) >= 11 is 0. The first-order valence-corrected chi connectivity index (χ1v) is 5.79. The maximum Gasteiger partial charge on any atom is 0.416 e. The lowest BCUT2D eigenvalue weighted by atomic mass is 10.1. The van der Waals surface area contributed by atoms with Gasteiger partial charge in [-0.2, -0.15) is 18.2 Å². The maximum atomic E-state index is 12.6. The van der Waals surface area contributed by atoms with Gasteiger partial charge in [-0.25, -0.2) is 0 Å². The molecule has 1 heterocycles. The molecule has 1 atom stereocenters. The van der Waals surface area contributed by atoms with E-state index in [1.807, 2.05) is 0 Å². The lowest BCUT2D eigenvalue weighted by molar-refractivity contribution is -0.137. The number of rotatable bonds is 4. The molecule has 0 amide bonds. The zero-order valence-corrected chi connectivity index (χ0v) is 10.4. The minimum atomic E-state index is -4.41. The van der Waals surface area contributed by atoms with Crippen molar-refractivity contribution in [1.82, 2.24) is 10.1 Å². The number of hydrogen-bond acceptors (Lipinski definition) is 4. The Bertz CT molecular complexity index is 607. The number of hydrogen-bond donors (Lipinski definition) is 1. The first-order chi connectivity index (χ1) is 9.41. The normalized spacial score (nSPS) is 13.2. The lowest BCUT2D eigenvalue weighted by Gasteiger charge is -2.06. The fraction of sp³-hybridized carbons (Fsp3) is 0.231. The van der Waals surface area contributed by atoms with Crippen molar-refractivity contribution in [3.05, 3.63) is 48.4 Å². The van der Waals surface area contributed by atoms with Gasteiger partial charge in [0.15, 0.2) is 0 Å². The minimum absolute atomic E-state index is 0.0746. The molecule has 0 aliphatic rings. The van der Waals surface area contributed by atoms with Crippen molar-refractivity contribution in [3.63, 3.8) is 0 Å². The van der Waals surface area contributed by atoms with E-state index in [1.165, 1.54) is 12.1 Å². The van der Waals surface area contributed by atoms with Crippen LogP contribution < -0.4 is 5.73 Å². The van der Waals surface area contributed by atoms with Crippen molar-refractivity contribution in [1.29, 1.82) is 0 Å². The van der Waals surface area contributed by atoms with Crippen LogP contribution in [0.25, 0.3) is 11.4 Å². The summed E-state index contributed by atoms with van der Waals surface area (Å²) in [6.45, 7) is 3.53. The number of nitrogens with two attached hydrogens (primary N) is 1. The second kappa shape index (κ2) is 5.46. The Balaban J connectivity index is 2.31. The Labute approximate surface area is 113 Å². The Morgan fingerprint density at radius 3 is 2.80 bits per heavy atom. The van der Waals surface area contributed by atoms with Crippen LogP contribution in [0.2, 0.25) is 0 Å². The molecule has 20 heavy (non-hydrogen) atoms. The van der Waals surface area contributed by atoms with Gasteiger partial charge in [0, 0.05) is 5.56 Å². The number of halogens is 3. The van der Waals surface area contributed by atoms with Crippen molar-refractivity contribution in [3.8, 4) is 11.4 Å². The smallest absolute Gasteiger partial charge is 0.337 e. The van der Waals surface area contributed by atoms with Gasteiger partial charge in [0.25, 0.3) is 0 Å². The van der Waals surface area contributed by atoms with Crippen molar-refractivity contribution >= 4 is 0 Å². The van der Waals surface area contributed by atoms with Crippen LogP contribution in [-0.2, 0) is 6.18 Å². The van der Waals surface area contributed by atoms with Crippen LogP contribution in [0.5, 0.6) is 0 Å². The first-order valence-electron chi connectivity index (χ1n) is 5.79. The van der Waals surface area contributed by atoms with Gasteiger partial charge in [0.1, 0.15) is 0 Å². The molecule has 1 aromatic heterocycles. The third-order valence-electron chi connectivity index (χ3n) is 2.63. The molecule has 0 spiro atoms. The van der Waals surface area contributed by atoms with E-state index in [0.717, 1.165) is 12.1 Å². The zero-order chi connectivity index (χ0) is 14.8. The van der Waals surface area contributed by atoms with E-state index < -0.39 is 17.8 Å². The average molecular weight is 283 g/mol. The minimum Gasteiger partial charge on any atom is -0.337 e. The summed E-state index contributed by atoms with van der Waals surface area (Å²) in [7, 11) is 0. The van der Waals surface area contributed by atoms with Gasteiger partial charge in [0.05, 0.1) is 11.6 Å². The maximum absolute atomic E-state index is 12.6. The SMILES string of the molecule is C=CCC(N)c1nc(-c2cccc(C(F)(F)F)c2)no1. The van der Waals surface area contributed by atoms with Crippen LogP contribution in [0.4, 0.5) is 13.2 Å². The van der Waals surface area contributed by atoms with E-state index in [9.17, 15) is 13.2 Å². The average Bonchev–Trinajstić information content (AvgIpc) is 2.88. The van der Waals surface area contributed by atoms with Gasteiger partial charge in [-0.1, -0.05) is 23.4 Å². The van der Waals surface area contributed by atoms with E-state index in [4.69, 9.17) is 10.3 Å². The fourth-order valence-corrected chi connectivity index (χ4v) is 1.62. The molecule has 0 aliphatic carbocycles. The predicted octanol–water partition coefficient (Wildman–Crippen LogP) is 3.33. The van der Waals surface area contributed by atoms with Crippen molar-refractivity contribution in [2.24, 2.45) is 5.73 Å². The van der Waals surface area contributed by atoms with Crippen LogP contribution in [0.1, 0.15) is 23.9 Å². The Kier molecular flexibility index (Phi) is 3.89.